The summed E-state index contributed by atoms with van der Waals surface area (Å²) in [5, 5.41) is 4.03. The molecule has 0 aromatic heterocycles. The molecule has 1 N–H and O–H groups in total. The van der Waals surface area contributed by atoms with E-state index >= 15 is 0 Å². The van der Waals surface area contributed by atoms with Gasteiger partial charge in [-0.1, -0.05) is 29.8 Å². The molecule has 0 saturated heterocycles. The lowest BCUT2D eigenvalue weighted by atomic mass is 10.2. The van der Waals surface area contributed by atoms with Crippen LogP contribution in [0.25, 0.3) is 0 Å². The molecule has 0 aliphatic carbocycles. The summed E-state index contributed by atoms with van der Waals surface area (Å²) in [5.74, 6) is 0.0645. The molecule has 202 valence electrons. The molecule has 0 fully saturated rings. The smallest absolute Gasteiger partial charge is 0.264 e. The van der Waals surface area contributed by atoms with Gasteiger partial charge in [-0.25, -0.2) is 13.8 Å². The lowest BCUT2D eigenvalue weighted by molar-refractivity contribution is -0.119. The van der Waals surface area contributed by atoms with E-state index in [1.54, 1.807) is 24.3 Å². The topological polar surface area (TPSA) is 101 Å². The zero-order chi connectivity index (χ0) is 27.7. The van der Waals surface area contributed by atoms with Crippen molar-refractivity contribution in [2.24, 2.45) is 5.10 Å². The molecule has 0 saturated carbocycles. The molecule has 3 aromatic rings. The number of sulfonamides is 1. The Bertz CT molecular complexity index is 1350. The number of benzene rings is 3. The van der Waals surface area contributed by atoms with E-state index in [2.05, 4.69) is 29.3 Å². The van der Waals surface area contributed by atoms with Crippen LogP contribution in [0.1, 0.15) is 25.0 Å². The Hall–Kier alpha value is -4.05. The number of amides is 1. The second-order valence-corrected chi connectivity index (χ2v) is 10.3. The summed E-state index contributed by atoms with van der Waals surface area (Å²) < 4.78 is 38.9. The minimum atomic E-state index is -4.13. The van der Waals surface area contributed by atoms with E-state index in [0.717, 1.165) is 34.2 Å². The number of carbonyl (C=O) groups excluding carboxylic acids is 1. The number of carbonyl (C=O) groups is 1. The molecule has 0 aliphatic heterocycles. The van der Waals surface area contributed by atoms with Crippen molar-refractivity contribution in [3.05, 3.63) is 77.9 Å². The molecular weight excluding hydrogens is 504 g/mol. The predicted octanol–water partition coefficient (Wildman–Crippen LogP) is 4.20. The highest BCUT2D eigenvalue weighted by Crippen LogP contribution is 2.32. The number of nitrogens with one attached hydrogen (secondary N) is 1. The van der Waals surface area contributed by atoms with E-state index in [1.165, 1.54) is 38.6 Å². The third-order valence-electron chi connectivity index (χ3n) is 5.98. The Balaban J connectivity index is 1.81. The lowest BCUT2D eigenvalue weighted by Gasteiger charge is -2.24. The first-order chi connectivity index (χ1) is 18.2. The van der Waals surface area contributed by atoms with Crippen LogP contribution in [0.5, 0.6) is 11.5 Å². The molecule has 38 heavy (non-hydrogen) atoms. The number of ether oxygens (including phenoxy) is 2. The first-order valence-corrected chi connectivity index (χ1v) is 13.7. The Morgan fingerprint density at radius 1 is 0.895 bits per heavy atom. The number of nitrogens with zero attached hydrogens (tertiary/aromatic N) is 3. The molecule has 0 aliphatic rings. The molecule has 0 unspecified atom stereocenters. The molecule has 9 nitrogen and oxygen atoms in total. The standard InChI is InChI=1S/C28H34N4O5S/c1-6-31(7-2)23-14-10-22(11-15-23)19-29-30-28(33)20-32(24-12-8-21(3)9-13-24)38(34,35)25-16-17-26(36-4)27(18-25)37-5/h8-19H,6-7,20H2,1-5H3,(H,30,33)/b29-19-. The second kappa shape index (κ2) is 13.0. The lowest BCUT2D eigenvalue weighted by Crippen LogP contribution is -2.39. The van der Waals surface area contributed by atoms with Gasteiger partial charge in [0, 0.05) is 24.8 Å². The molecule has 0 spiro atoms. The van der Waals surface area contributed by atoms with Gasteiger partial charge in [-0.2, -0.15) is 5.10 Å². The highest BCUT2D eigenvalue weighted by molar-refractivity contribution is 7.92. The summed E-state index contributed by atoms with van der Waals surface area (Å²) in [6.45, 7) is 7.43. The van der Waals surface area contributed by atoms with E-state index < -0.39 is 22.5 Å². The van der Waals surface area contributed by atoms with Crippen LogP contribution >= 0.6 is 0 Å². The van der Waals surface area contributed by atoms with Crippen LogP contribution in [0.4, 0.5) is 11.4 Å². The van der Waals surface area contributed by atoms with Crippen molar-refractivity contribution >= 4 is 33.5 Å². The van der Waals surface area contributed by atoms with Gasteiger partial charge in [0.15, 0.2) is 11.5 Å². The third kappa shape index (κ3) is 6.83. The van der Waals surface area contributed by atoms with Gasteiger partial charge >= 0.3 is 0 Å². The van der Waals surface area contributed by atoms with Crippen molar-refractivity contribution in [3.63, 3.8) is 0 Å². The Morgan fingerprint density at radius 2 is 1.50 bits per heavy atom. The fourth-order valence-electron chi connectivity index (χ4n) is 3.83. The monoisotopic (exact) mass is 538 g/mol. The predicted molar refractivity (Wildman–Crippen MR) is 151 cm³/mol. The van der Waals surface area contributed by atoms with E-state index in [9.17, 15) is 13.2 Å². The SMILES string of the molecule is CCN(CC)c1ccc(/C=N\NC(=O)CN(c2ccc(C)cc2)S(=O)(=O)c2ccc(OC)c(OC)c2)cc1. The Kier molecular flexibility index (Phi) is 9.72. The highest BCUT2D eigenvalue weighted by Gasteiger charge is 2.28. The van der Waals surface area contributed by atoms with Crippen LogP contribution in [0.2, 0.25) is 0 Å². The largest absolute Gasteiger partial charge is 0.493 e. The average molecular weight is 539 g/mol. The van der Waals surface area contributed by atoms with Crippen molar-refractivity contribution < 1.29 is 22.7 Å². The maximum atomic E-state index is 13.7. The van der Waals surface area contributed by atoms with Crippen LogP contribution in [0.15, 0.2) is 76.7 Å². The van der Waals surface area contributed by atoms with Gasteiger partial charge in [-0.15, -0.1) is 0 Å². The molecule has 0 radical (unpaired) electrons. The summed E-state index contributed by atoms with van der Waals surface area (Å²) in [7, 11) is -1.24. The zero-order valence-corrected chi connectivity index (χ0v) is 23.2. The number of aryl methyl sites for hydroxylation is 1. The normalized spacial score (nSPS) is 11.3. The van der Waals surface area contributed by atoms with Gasteiger partial charge < -0.3 is 14.4 Å². The first kappa shape index (κ1) is 28.5. The van der Waals surface area contributed by atoms with Gasteiger partial charge in [-0.3, -0.25) is 9.10 Å². The maximum absolute atomic E-state index is 13.7. The van der Waals surface area contributed by atoms with Gasteiger partial charge in [0.25, 0.3) is 15.9 Å². The summed E-state index contributed by atoms with van der Waals surface area (Å²) in [6, 6.07) is 19.0. The molecule has 0 bridgehead atoms. The number of hydrogen-bond acceptors (Lipinski definition) is 7. The summed E-state index contributed by atoms with van der Waals surface area (Å²) >= 11 is 0. The molecular formula is C28H34N4O5S. The number of rotatable bonds is 12. The molecule has 1 amide bonds. The van der Waals surface area contributed by atoms with Crippen LogP contribution in [0, 0.1) is 6.92 Å². The van der Waals surface area contributed by atoms with Crippen LogP contribution < -0.4 is 24.1 Å². The number of methoxy groups -OCH3 is 2. The minimum Gasteiger partial charge on any atom is -0.493 e. The van der Waals surface area contributed by atoms with Crippen molar-refractivity contribution in [2.75, 3.05) is 43.1 Å². The summed E-state index contributed by atoms with van der Waals surface area (Å²) in [5.41, 5.74) is 5.64. The Morgan fingerprint density at radius 3 is 2.08 bits per heavy atom. The van der Waals surface area contributed by atoms with E-state index in [4.69, 9.17) is 9.47 Å². The molecule has 3 aromatic carbocycles. The molecule has 10 heteroatoms. The summed E-state index contributed by atoms with van der Waals surface area (Å²) in [4.78, 5) is 15.0. The highest BCUT2D eigenvalue weighted by atomic mass is 32.2. The number of anilines is 2. The number of hydrogen-bond donors (Lipinski definition) is 1. The van der Waals surface area contributed by atoms with Crippen LogP contribution in [0.3, 0.4) is 0 Å². The van der Waals surface area contributed by atoms with Gasteiger partial charge in [0.1, 0.15) is 6.54 Å². The van der Waals surface area contributed by atoms with Gasteiger partial charge in [-0.05, 0) is 62.7 Å². The molecule has 0 atom stereocenters. The van der Waals surface area contributed by atoms with Gasteiger partial charge in [0.05, 0.1) is 31.0 Å². The van der Waals surface area contributed by atoms with Crippen molar-refractivity contribution in [2.45, 2.75) is 25.7 Å². The molecule has 0 heterocycles. The average Bonchev–Trinajstić information content (AvgIpc) is 2.93. The maximum Gasteiger partial charge on any atom is 0.264 e. The van der Waals surface area contributed by atoms with Crippen LogP contribution in [-0.4, -0.2) is 54.4 Å². The van der Waals surface area contributed by atoms with Crippen LogP contribution in [-0.2, 0) is 14.8 Å². The van der Waals surface area contributed by atoms with Gasteiger partial charge in [0.2, 0.25) is 0 Å². The van der Waals surface area contributed by atoms with E-state index in [-0.39, 0.29) is 10.6 Å². The summed E-state index contributed by atoms with van der Waals surface area (Å²) in [6.07, 6.45) is 1.52. The Labute approximate surface area is 224 Å². The van der Waals surface area contributed by atoms with Crippen molar-refractivity contribution in [3.8, 4) is 11.5 Å². The third-order valence-corrected chi connectivity index (χ3v) is 7.75. The van der Waals surface area contributed by atoms with Crippen molar-refractivity contribution in [1.82, 2.24) is 5.43 Å². The van der Waals surface area contributed by atoms with E-state index in [1.807, 2.05) is 31.2 Å². The fourth-order valence-corrected chi connectivity index (χ4v) is 5.27. The zero-order valence-electron chi connectivity index (χ0n) is 22.3. The quantitative estimate of drug-likeness (QED) is 0.274. The minimum absolute atomic E-state index is 0.0414. The van der Waals surface area contributed by atoms with E-state index in [0.29, 0.717) is 11.4 Å². The van der Waals surface area contributed by atoms with Crippen molar-refractivity contribution in [1.29, 1.82) is 0 Å². The number of hydrazone groups is 1. The first-order valence-electron chi connectivity index (χ1n) is 12.2. The molecule has 3 rings (SSSR count). The second-order valence-electron chi connectivity index (χ2n) is 8.42. The fraction of sp³-hybridized carbons (Fsp3) is 0.286.